The molecule has 0 spiro atoms. The highest BCUT2D eigenvalue weighted by Gasteiger charge is 2.24. The highest BCUT2D eigenvalue weighted by Crippen LogP contribution is 2.29. The second kappa shape index (κ2) is 6.97. The lowest BCUT2D eigenvalue weighted by atomic mass is 10.1. The number of hydrogen-bond acceptors (Lipinski definition) is 3. The summed E-state index contributed by atoms with van der Waals surface area (Å²) >= 11 is 0. The molecule has 2 aromatic carbocycles. The Morgan fingerprint density at radius 1 is 1.20 bits per heavy atom. The van der Waals surface area contributed by atoms with Gasteiger partial charge in [-0.05, 0) is 36.2 Å². The average molecular weight is 338 g/mol. The largest absolute Gasteiger partial charge is 0.496 e. The van der Waals surface area contributed by atoms with E-state index in [1.165, 1.54) is 0 Å². The third-order valence-corrected chi connectivity index (χ3v) is 4.55. The number of benzene rings is 2. The summed E-state index contributed by atoms with van der Waals surface area (Å²) in [5.41, 5.74) is 3.56. The number of carbonyl (C=O) groups excluding carboxylic acids is 2. The Labute approximate surface area is 147 Å². The topological polar surface area (TPSA) is 49.9 Å². The molecule has 3 rings (SSSR count). The second-order valence-electron chi connectivity index (χ2n) is 6.24. The van der Waals surface area contributed by atoms with Crippen molar-refractivity contribution in [1.82, 2.24) is 4.90 Å². The van der Waals surface area contributed by atoms with Gasteiger partial charge in [-0.15, -0.1) is 0 Å². The molecule has 0 aromatic heterocycles. The quantitative estimate of drug-likeness (QED) is 0.861. The molecular weight excluding hydrogens is 316 g/mol. The van der Waals surface area contributed by atoms with Gasteiger partial charge in [0.15, 0.2) is 0 Å². The minimum atomic E-state index is -0.0463. The maximum absolute atomic E-state index is 12.8. The van der Waals surface area contributed by atoms with E-state index in [9.17, 15) is 9.59 Å². The van der Waals surface area contributed by atoms with Gasteiger partial charge in [-0.25, -0.2) is 0 Å². The number of para-hydroxylation sites is 1. The number of methoxy groups -OCH3 is 1. The number of ether oxygens (including phenoxy) is 1. The van der Waals surface area contributed by atoms with E-state index < -0.39 is 0 Å². The van der Waals surface area contributed by atoms with Crippen LogP contribution in [0, 0.1) is 0 Å². The van der Waals surface area contributed by atoms with Gasteiger partial charge >= 0.3 is 0 Å². The van der Waals surface area contributed by atoms with Crippen LogP contribution in [0.1, 0.15) is 28.4 Å². The van der Waals surface area contributed by atoms with Crippen LogP contribution < -0.4 is 9.64 Å². The predicted molar refractivity (Wildman–Crippen MR) is 97.0 cm³/mol. The van der Waals surface area contributed by atoms with Gasteiger partial charge in [0.25, 0.3) is 5.91 Å². The lowest BCUT2D eigenvalue weighted by Gasteiger charge is -2.20. The molecule has 0 saturated carbocycles. The summed E-state index contributed by atoms with van der Waals surface area (Å²) in [5.74, 6) is 0.759. The van der Waals surface area contributed by atoms with Crippen molar-refractivity contribution in [1.29, 1.82) is 0 Å². The van der Waals surface area contributed by atoms with Crippen molar-refractivity contribution >= 4 is 17.5 Å². The standard InChI is InChI=1S/C20H22N2O3/c1-14(23)22-11-10-15-12-16(8-9-18(15)22)20(24)21(2)13-17-6-4-5-7-19(17)25-3/h4-9,12H,10-11,13H2,1-3H3. The van der Waals surface area contributed by atoms with Crippen molar-refractivity contribution < 1.29 is 14.3 Å². The first-order chi connectivity index (χ1) is 12.0. The van der Waals surface area contributed by atoms with Gasteiger partial charge in [-0.3, -0.25) is 9.59 Å². The summed E-state index contributed by atoms with van der Waals surface area (Å²) in [5, 5.41) is 0. The van der Waals surface area contributed by atoms with E-state index in [-0.39, 0.29) is 11.8 Å². The minimum absolute atomic E-state index is 0.0334. The lowest BCUT2D eigenvalue weighted by molar-refractivity contribution is -0.116. The Hall–Kier alpha value is -2.82. The van der Waals surface area contributed by atoms with E-state index in [0.717, 1.165) is 29.0 Å². The average Bonchev–Trinajstić information content (AvgIpc) is 3.04. The first-order valence-electron chi connectivity index (χ1n) is 8.29. The van der Waals surface area contributed by atoms with E-state index in [1.807, 2.05) is 36.4 Å². The molecule has 0 aliphatic carbocycles. The van der Waals surface area contributed by atoms with E-state index in [2.05, 4.69) is 0 Å². The van der Waals surface area contributed by atoms with Crippen molar-refractivity contribution in [2.24, 2.45) is 0 Å². The summed E-state index contributed by atoms with van der Waals surface area (Å²) in [6.07, 6.45) is 0.784. The van der Waals surface area contributed by atoms with Crippen LogP contribution >= 0.6 is 0 Å². The number of rotatable bonds is 4. The lowest BCUT2D eigenvalue weighted by Crippen LogP contribution is -2.27. The zero-order chi connectivity index (χ0) is 18.0. The Kier molecular flexibility index (Phi) is 4.74. The number of nitrogens with zero attached hydrogens (tertiary/aromatic N) is 2. The molecule has 0 N–H and O–H groups in total. The van der Waals surface area contributed by atoms with Crippen molar-refractivity contribution in [3.05, 3.63) is 59.2 Å². The molecule has 5 nitrogen and oxygen atoms in total. The van der Waals surface area contributed by atoms with E-state index in [4.69, 9.17) is 4.74 Å². The van der Waals surface area contributed by atoms with E-state index >= 15 is 0 Å². The fourth-order valence-corrected chi connectivity index (χ4v) is 3.24. The van der Waals surface area contributed by atoms with Crippen LogP contribution in [-0.4, -0.2) is 37.4 Å². The summed E-state index contributed by atoms with van der Waals surface area (Å²) < 4.78 is 5.35. The van der Waals surface area contributed by atoms with Crippen LogP contribution in [0.25, 0.3) is 0 Å². The molecular formula is C20H22N2O3. The van der Waals surface area contributed by atoms with Gasteiger partial charge < -0.3 is 14.5 Å². The third-order valence-electron chi connectivity index (χ3n) is 4.55. The zero-order valence-corrected chi connectivity index (χ0v) is 14.8. The number of hydrogen-bond donors (Lipinski definition) is 0. The maximum Gasteiger partial charge on any atom is 0.253 e. The summed E-state index contributed by atoms with van der Waals surface area (Å²) in [6.45, 7) is 2.72. The Morgan fingerprint density at radius 3 is 2.68 bits per heavy atom. The number of amides is 2. The van der Waals surface area contributed by atoms with Crippen LogP contribution in [0.5, 0.6) is 5.75 Å². The molecule has 1 aliphatic heterocycles. The molecule has 0 fully saturated rings. The second-order valence-corrected chi connectivity index (χ2v) is 6.24. The Balaban J connectivity index is 1.78. The predicted octanol–water partition coefficient (Wildman–Crippen LogP) is 2.88. The zero-order valence-electron chi connectivity index (χ0n) is 14.8. The molecule has 1 heterocycles. The van der Waals surface area contributed by atoms with Gasteiger partial charge in [-0.2, -0.15) is 0 Å². The summed E-state index contributed by atoms with van der Waals surface area (Å²) in [4.78, 5) is 27.8. The molecule has 1 aliphatic rings. The van der Waals surface area contributed by atoms with Gasteiger partial charge in [0.1, 0.15) is 5.75 Å². The molecule has 130 valence electrons. The minimum Gasteiger partial charge on any atom is -0.496 e. The molecule has 5 heteroatoms. The fourth-order valence-electron chi connectivity index (χ4n) is 3.24. The molecule has 25 heavy (non-hydrogen) atoms. The van der Waals surface area contributed by atoms with Crippen LogP contribution in [0.15, 0.2) is 42.5 Å². The number of carbonyl (C=O) groups is 2. The van der Waals surface area contributed by atoms with Crippen molar-refractivity contribution in [3.8, 4) is 5.75 Å². The van der Waals surface area contributed by atoms with Gasteiger partial charge in [0.05, 0.1) is 7.11 Å². The van der Waals surface area contributed by atoms with Gasteiger partial charge in [0, 0.05) is 43.9 Å². The third kappa shape index (κ3) is 3.36. The van der Waals surface area contributed by atoms with E-state index in [0.29, 0.717) is 18.7 Å². The number of fused-ring (bicyclic) bond motifs is 1. The molecule has 0 atom stereocenters. The fraction of sp³-hybridized carbons (Fsp3) is 0.300. The van der Waals surface area contributed by atoms with Crippen LogP contribution in [-0.2, 0) is 17.8 Å². The first kappa shape index (κ1) is 17.0. The molecule has 0 radical (unpaired) electrons. The normalized spacial score (nSPS) is 12.7. The molecule has 2 aromatic rings. The molecule has 0 saturated heterocycles. The maximum atomic E-state index is 12.8. The first-order valence-corrected chi connectivity index (χ1v) is 8.29. The summed E-state index contributed by atoms with van der Waals surface area (Å²) in [7, 11) is 3.41. The monoisotopic (exact) mass is 338 g/mol. The molecule has 0 bridgehead atoms. The SMILES string of the molecule is COc1ccccc1CN(C)C(=O)c1ccc2c(c1)CCN2C(C)=O. The molecule has 0 unspecified atom stereocenters. The van der Waals surface area contributed by atoms with Crippen molar-refractivity contribution in [2.75, 3.05) is 25.6 Å². The summed E-state index contributed by atoms with van der Waals surface area (Å²) in [6, 6.07) is 13.2. The molecule has 2 amide bonds. The van der Waals surface area contributed by atoms with Crippen molar-refractivity contribution in [3.63, 3.8) is 0 Å². The highest BCUT2D eigenvalue weighted by atomic mass is 16.5. The van der Waals surface area contributed by atoms with Crippen LogP contribution in [0.3, 0.4) is 0 Å². The van der Waals surface area contributed by atoms with Crippen molar-refractivity contribution in [2.45, 2.75) is 19.9 Å². The van der Waals surface area contributed by atoms with Crippen LogP contribution in [0.4, 0.5) is 5.69 Å². The van der Waals surface area contributed by atoms with Crippen LogP contribution in [0.2, 0.25) is 0 Å². The Bertz CT molecular complexity index is 816. The van der Waals surface area contributed by atoms with Gasteiger partial charge in [0.2, 0.25) is 5.91 Å². The Morgan fingerprint density at radius 2 is 1.96 bits per heavy atom. The highest BCUT2D eigenvalue weighted by molar-refractivity contribution is 5.97. The van der Waals surface area contributed by atoms with E-state index in [1.54, 1.807) is 36.9 Å². The smallest absolute Gasteiger partial charge is 0.253 e. The number of anilines is 1. The van der Waals surface area contributed by atoms with Gasteiger partial charge in [-0.1, -0.05) is 18.2 Å².